The SMILES string of the molecule is CNC(C)Cc1cnc(-c2ccccc2C)o1. The first-order valence-corrected chi connectivity index (χ1v) is 5.88. The molecule has 1 aromatic heterocycles. The molecule has 2 rings (SSSR count). The first-order chi connectivity index (χ1) is 8.20. The van der Waals surface area contributed by atoms with Crippen molar-refractivity contribution in [3.63, 3.8) is 0 Å². The van der Waals surface area contributed by atoms with E-state index in [0.29, 0.717) is 11.9 Å². The number of aryl methyl sites for hydroxylation is 1. The first kappa shape index (κ1) is 11.9. The molecule has 0 spiro atoms. The van der Waals surface area contributed by atoms with Crippen LogP contribution in [-0.2, 0) is 6.42 Å². The van der Waals surface area contributed by atoms with Gasteiger partial charge in [-0.25, -0.2) is 4.98 Å². The van der Waals surface area contributed by atoms with Crippen molar-refractivity contribution in [1.29, 1.82) is 0 Å². The zero-order valence-corrected chi connectivity index (χ0v) is 10.5. The van der Waals surface area contributed by atoms with Gasteiger partial charge in [0.25, 0.3) is 0 Å². The molecule has 0 aliphatic rings. The first-order valence-electron chi connectivity index (χ1n) is 5.88. The summed E-state index contributed by atoms with van der Waals surface area (Å²) >= 11 is 0. The molecule has 90 valence electrons. The van der Waals surface area contributed by atoms with Crippen LogP contribution in [-0.4, -0.2) is 18.1 Å². The van der Waals surface area contributed by atoms with Crippen LogP contribution in [0.3, 0.4) is 0 Å². The van der Waals surface area contributed by atoms with Gasteiger partial charge in [-0.1, -0.05) is 18.2 Å². The number of nitrogens with zero attached hydrogens (tertiary/aromatic N) is 1. The molecule has 1 unspecified atom stereocenters. The number of rotatable bonds is 4. The predicted octanol–water partition coefficient (Wildman–Crippen LogP) is 2.80. The van der Waals surface area contributed by atoms with E-state index in [0.717, 1.165) is 17.7 Å². The monoisotopic (exact) mass is 230 g/mol. The van der Waals surface area contributed by atoms with Crippen LogP contribution in [0, 0.1) is 6.92 Å². The Morgan fingerprint density at radius 1 is 1.35 bits per heavy atom. The lowest BCUT2D eigenvalue weighted by Gasteiger charge is -2.06. The third-order valence-electron chi connectivity index (χ3n) is 2.93. The number of nitrogens with one attached hydrogen (secondary N) is 1. The molecule has 0 aliphatic carbocycles. The van der Waals surface area contributed by atoms with Gasteiger partial charge in [0.1, 0.15) is 5.76 Å². The van der Waals surface area contributed by atoms with Gasteiger partial charge in [0.2, 0.25) is 5.89 Å². The summed E-state index contributed by atoms with van der Waals surface area (Å²) < 4.78 is 5.77. The molecule has 3 nitrogen and oxygen atoms in total. The van der Waals surface area contributed by atoms with Crippen molar-refractivity contribution >= 4 is 0 Å². The van der Waals surface area contributed by atoms with E-state index >= 15 is 0 Å². The van der Waals surface area contributed by atoms with Crippen LogP contribution in [0.5, 0.6) is 0 Å². The molecular formula is C14H18N2O. The molecule has 1 atom stereocenters. The van der Waals surface area contributed by atoms with Gasteiger partial charge in [0.15, 0.2) is 0 Å². The summed E-state index contributed by atoms with van der Waals surface area (Å²) in [6.45, 7) is 4.19. The van der Waals surface area contributed by atoms with E-state index in [1.165, 1.54) is 5.56 Å². The van der Waals surface area contributed by atoms with Crippen molar-refractivity contribution in [3.8, 4) is 11.5 Å². The zero-order chi connectivity index (χ0) is 12.3. The molecule has 0 aliphatic heterocycles. The van der Waals surface area contributed by atoms with Crippen molar-refractivity contribution in [2.24, 2.45) is 0 Å². The quantitative estimate of drug-likeness (QED) is 0.877. The molecule has 1 heterocycles. The highest BCUT2D eigenvalue weighted by Gasteiger charge is 2.10. The van der Waals surface area contributed by atoms with Gasteiger partial charge < -0.3 is 9.73 Å². The Morgan fingerprint density at radius 3 is 2.82 bits per heavy atom. The van der Waals surface area contributed by atoms with Crippen molar-refractivity contribution in [2.75, 3.05) is 7.05 Å². The third kappa shape index (κ3) is 2.74. The Kier molecular flexibility index (Phi) is 3.59. The van der Waals surface area contributed by atoms with Crippen LogP contribution in [0.1, 0.15) is 18.2 Å². The summed E-state index contributed by atoms with van der Waals surface area (Å²) in [6.07, 6.45) is 2.67. The molecule has 1 N–H and O–H groups in total. The molecule has 17 heavy (non-hydrogen) atoms. The van der Waals surface area contributed by atoms with Gasteiger partial charge in [-0.2, -0.15) is 0 Å². The summed E-state index contributed by atoms with van der Waals surface area (Å²) in [5.41, 5.74) is 2.25. The molecule has 0 fully saturated rings. The van der Waals surface area contributed by atoms with Gasteiger partial charge in [-0.15, -0.1) is 0 Å². The van der Waals surface area contributed by atoms with E-state index in [9.17, 15) is 0 Å². The molecule has 1 aromatic carbocycles. The molecule has 0 radical (unpaired) electrons. The van der Waals surface area contributed by atoms with E-state index in [4.69, 9.17) is 4.42 Å². The van der Waals surface area contributed by atoms with Crippen LogP contribution >= 0.6 is 0 Å². The van der Waals surface area contributed by atoms with E-state index in [1.54, 1.807) is 0 Å². The van der Waals surface area contributed by atoms with Crippen molar-refractivity contribution in [1.82, 2.24) is 10.3 Å². The normalized spacial score (nSPS) is 12.6. The highest BCUT2D eigenvalue weighted by atomic mass is 16.4. The maximum absolute atomic E-state index is 5.77. The second kappa shape index (κ2) is 5.15. The molecular weight excluding hydrogens is 212 g/mol. The lowest BCUT2D eigenvalue weighted by molar-refractivity contribution is 0.479. The molecule has 0 saturated carbocycles. The molecule has 2 aromatic rings. The molecule has 0 bridgehead atoms. The minimum atomic E-state index is 0.396. The molecule has 3 heteroatoms. The van der Waals surface area contributed by atoms with Crippen LogP contribution < -0.4 is 5.32 Å². The van der Waals surface area contributed by atoms with Crippen LogP contribution in [0.15, 0.2) is 34.9 Å². The highest BCUT2D eigenvalue weighted by Crippen LogP contribution is 2.22. The van der Waals surface area contributed by atoms with Gasteiger partial charge in [0.05, 0.1) is 6.20 Å². The number of benzene rings is 1. The summed E-state index contributed by atoms with van der Waals surface area (Å²) in [5, 5.41) is 3.19. The predicted molar refractivity (Wildman–Crippen MR) is 68.9 cm³/mol. The average Bonchev–Trinajstić information content (AvgIpc) is 2.78. The van der Waals surface area contributed by atoms with E-state index < -0.39 is 0 Å². The number of aromatic nitrogens is 1. The Labute approximate surface area is 102 Å². The third-order valence-corrected chi connectivity index (χ3v) is 2.93. The minimum Gasteiger partial charge on any atom is -0.441 e. The van der Waals surface area contributed by atoms with Crippen molar-refractivity contribution in [3.05, 3.63) is 41.8 Å². The average molecular weight is 230 g/mol. The number of oxazole rings is 1. The fourth-order valence-corrected chi connectivity index (χ4v) is 1.74. The van der Waals surface area contributed by atoms with Gasteiger partial charge in [-0.05, 0) is 32.5 Å². The number of hydrogen-bond acceptors (Lipinski definition) is 3. The van der Waals surface area contributed by atoms with Crippen LogP contribution in [0.2, 0.25) is 0 Å². The van der Waals surface area contributed by atoms with Gasteiger partial charge >= 0.3 is 0 Å². The minimum absolute atomic E-state index is 0.396. The van der Waals surface area contributed by atoms with Crippen LogP contribution in [0.4, 0.5) is 0 Å². The maximum atomic E-state index is 5.77. The summed E-state index contributed by atoms with van der Waals surface area (Å²) in [6, 6.07) is 8.52. The second-order valence-electron chi connectivity index (χ2n) is 4.34. The highest BCUT2D eigenvalue weighted by molar-refractivity contribution is 5.57. The number of hydrogen-bond donors (Lipinski definition) is 1. The maximum Gasteiger partial charge on any atom is 0.226 e. The zero-order valence-electron chi connectivity index (χ0n) is 10.5. The Balaban J connectivity index is 2.21. The fourth-order valence-electron chi connectivity index (χ4n) is 1.74. The Hall–Kier alpha value is -1.61. The topological polar surface area (TPSA) is 38.1 Å². The molecule has 0 saturated heterocycles. The lowest BCUT2D eigenvalue weighted by atomic mass is 10.1. The van der Waals surface area contributed by atoms with Gasteiger partial charge in [0, 0.05) is 18.0 Å². The summed E-state index contributed by atoms with van der Waals surface area (Å²) in [4.78, 5) is 4.34. The van der Waals surface area contributed by atoms with E-state index in [2.05, 4.69) is 30.2 Å². The summed E-state index contributed by atoms with van der Waals surface area (Å²) in [7, 11) is 1.95. The van der Waals surface area contributed by atoms with Crippen molar-refractivity contribution in [2.45, 2.75) is 26.3 Å². The van der Waals surface area contributed by atoms with Gasteiger partial charge in [-0.3, -0.25) is 0 Å². The Bertz CT molecular complexity index is 490. The van der Waals surface area contributed by atoms with E-state index in [-0.39, 0.29) is 0 Å². The van der Waals surface area contributed by atoms with Crippen LogP contribution in [0.25, 0.3) is 11.5 Å². The molecule has 0 amide bonds. The lowest BCUT2D eigenvalue weighted by Crippen LogP contribution is -2.23. The smallest absolute Gasteiger partial charge is 0.226 e. The fraction of sp³-hybridized carbons (Fsp3) is 0.357. The number of likely N-dealkylation sites (N-methyl/N-ethyl adjacent to an activating group) is 1. The standard InChI is InChI=1S/C14H18N2O/c1-10-6-4-5-7-13(10)14-16-9-12(17-14)8-11(2)15-3/h4-7,9,11,15H,8H2,1-3H3. The van der Waals surface area contributed by atoms with Crippen molar-refractivity contribution < 1.29 is 4.42 Å². The Morgan fingerprint density at radius 2 is 2.12 bits per heavy atom. The summed E-state index contributed by atoms with van der Waals surface area (Å²) in [5.74, 6) is 1.63. The largest absolute Gasteiger partial charge is 0.441 e. The van der Waals surface area contributed by atoms with E-state index in [1.807, 2.05) is 31.4 Å². The second-order valence-corrected chi connectivity index (χ2v) is 4.34.